The van der Waals surface area contributed by atoms with Crippen molar-refractivity contribution in [3.8, 4) is 5.75 Å². The summed E-state index contributed by atoms with van der Waals surface area (Å²) in [5.74, 6) is -2.39. The number of carbonyl (C=O) groups excluding carboxylic acids is 5. The second-order valence-corrected chi connectivity index (χ2v) is 11.0. The van der Waals surface area contributed by atoms with Gasteiger partial charge in [0.05, 0.1) is 38.6 Å². The molecule has 4 N–H and O–H groups in total. The van der Waals surface area contributed by atoms with Gasteiger partial charge in [-0.15, -0.1) is 0 Å². The van der Waals surface area contributed by atoms with Gasteiger partial charge in [-0.2, -0.15) is 0 Å². The predicted octanol–water partition coefficient (Wildman–Crippen LogP) is 1.39. The van der Waals surface area contributed by atoms with Crippen molar-refractivity contribution >= 4 is 46.0 Å². The molecule has 4 amide bonds. The van der Waals surface area contributed by atoms with Gasteiger partial charge in [0.1, 0.15) is 18.2 Å². The zero-order chi connectivity index (χ0) is 33.2. The van der Waals surface area contributed by atoms with Crippen LogP contribution in [0.3, 0.4) is 0 Å². The highest BCUT2D eigenvalue weighted by atomic mass is 16.6. The number of ether oxygens (including phenoxy) is 4. The number of Topliss-reactive ketones (excluding diaryl/α,β-unsaturated/α-hetero) is 1. The minimum absolute atomic E-state index is 0.143. The van der Waals surface area contributed by atoms with E-state index in [1.807, 2.05) is 0 Å². The number of nitrogens with zero attached hydrogens (tertiary/aromatic N) is 1. The van der Waals surface area contributed by atoms with Crippen LogP contribution in [-0.4, -0.2) is 92.5 Å². The molecule has 2 unspecified atom stereocenters. The number of aromatic nitrogens is 1. The molecule has 248 valence electrons. The van der Waals surface area contributed by atoms with E-state index in [-0.39, 0.29) is 43.1 Å². The van der Waals surface area contributed by atoms with Gasteiger partial charge in [-0.1, -0.05) is 12.1 Å². The number of benzene rings is 2. The largest absolute Gasteiger partial charge is 0.483 e. The number of hydrogen-bond donors (Lipinski definition) is 4. The molecule has 2 aromatic carbocycles. The van der Waals surface area contributed by atoms with Gasteiger partial charge in [-0.25, -0.2) is 4.98 Å². The van der Waals surface area contributed by atoms with Crippen LogP contribution >= 0.6 is 0 Å². The van der Waals surface area contributed by atoms with E-state index in [0.717, 1.165) is 5.56 Å². The van der Waals surface area contributed by atoms with E-state index >= 15 is 0 Å². The summed E-state index contributed by atoms with van der Waals surface area (Å²) in [6.07, 6.45) is 0.949. The number of imide groups is 1. The monoisotopic (exact) mass is 648 g/mol. The molecular weight excluding hydrogens is 612 g/mol. The van der Waals surface area contributed by atoms with E-state index in [2.05, 4.69) is 20.9 Å². The van der Waals surface area contributed by atoms with E-state index in [1.54, 1.807) is 48.5 Å². The van der Waals surface area contributed by atoms with Gasteiger partial charge < -0.3 is 34.7 Å². The Kier molecular flexibility index (Phi) is 11.6. The highest BCUT2D eigenvalue weighted by molar-refractivity contribution is 6.09. The Labute approximate surface area is 270 Å². The fraction of sp³-hybridized carbons (Fsp3) is 0.394. The number of nitrogens with one attached hydrogen (secondary N) is 3. The van der Waals surface area contributed by atoms with Crippen LogP contribution in [0.5, 0.6) is 5.75 Å². The highest BCUT2D eigenvalue weighted by Gasteiger charge is 2.42. The van der Waals surface area contributed by atoms with E-state index in [4.69, 9.17) is 24.1 Å². The number of amides is 4. The van der Waals surface area contributed by atoms with Crippen LogP contribution in [0.2, 0.25) is 0 Å². The predicted molar refractivity (Wildman–Crippen MR) is 167 cm³/mol. The summed E-state index contributed by atoms with van der Waals surface area (Å²) in [6, 6.07) is 13.5. The summed E-state index contributed by atoms with van der Waals surface area (Å²) < 4.78 is 21.1. The zero-order valence-electron chi connectivity index (χ0n) is 25.6. The van der Waals surface area contributed by atoms with Crippen molar-refractivity contribution in [1.82, 2.24) is 15.6 Å². The lowest BCUT2D eigenvalue weighted by molar-refractivity contribution is -0.137. The van der Waals surface area contributed by atoms with Crippen molar-refractivity contribution in [2.24, 2.45) is 11.8 Å². The van der Waals surface area contributed by atoms with Crippen LogP contribution in [0.1, 0.15) is 39.3 Å². The summed E-state index contributed by atoms with van der Waals surface area (Å²) in [5, 5.41) is 17.0. The maximum absolute atomic E-state index is 13.2. The summed E-state index contributed by atoms with van der Waals surface area (Å²) in [5.41, 5.74) is 2.30. The van der Waals surface area contributed by atoms with Crippen LogP contribution in [0.4, 0.5) is 5.69 Å². The molecule has 2 aliphatic rings. The molecule has 47 heavy (non-hydrogen) atoms. The Morgan fingerprint density at radius 3 is 2.51 bits per heavy atom. The van der Waals surface area contributed by atoms with Crippen LogP contribution in [0.15, 0.2) is 48.5 Å². The highest BCUT2D eigenvalue weighted by Crippen LogP contribution is 2.36. The Bertz CT molecular complexity index is 1640. The molecule has 1 aliphatic carbocycles. The molecule has 1 saturated heterocycles. The summed E-state index contributed by atoms with van der Waals surface area (Å²) >= 11 is 0. The fourth-order valence-electron chi connectivity index (χ4n) is 5.55. The van der Waals surface area contributed by atoms with E-state index < -0.39 is 23.7 Å². The summed E-state index contributed by atoms with van der Waals surface area (Å²) in [7, 11) is 0. The first-order valence-corrected chi connectivity index (χ1v) is 15.3. The van der Waals surface area contributed by atoms with Crippen molar-refractivity contribution in [2.75, 3.05) is 58.3 Å². The third kappa shape index (κ3) is 8.74. The number of pyridine rings is 1. The molecule has 0 radical (unpaired) electrons. The number of aliphatic hydroxyl groups excluding tert-OH is 1. The lowest BCUT2D eigenvalue weighted by Crippen LogP contribution is -2.44. The number of ketones is 1. The maximum atomic E-state index is 13.2. The number of fused-ring (bicyclic) bond motifs is 2. The SMILES string of the molecule is O=C(COc1cccc2nc(C(=O)Nc3ccc4c(c3)C(=O)C(C3CCC(=O)NC3=O)C4)ccc12)NCCOCCOCCOCO. The molecule has 14 nitrogen and oxygen atoms in total. The van der Waals surface area contributed by atoms with Crippen LogP contribution in [0.25, 0.3) is 10.9 Å². The lowest BCUT2D eigenvalue weighted by Gasteiger charge is -2.24. The molecular formula is C33H36N4O10. The topological polar surface area (TPSA) is 191 Å². The Hall–Kier alpha value is -4.76. The number of rotatable bonds is 16. The van der Waals surface area contributed by atoms with E-state index in [9.17, 15) is 24.0 Å². The molecule has 0 bridgehead atoms. The van der Waals surface area contributed by atoms with Gasteiger partial charge in [-0.3, -0.25) is 29.3 Å². The van der Waals surface area contributed by atoms with Gasteiger partial charge in [0.2, 0.25) is 11.8 Å². The molecule has 2 atom stereocenters. The van der Waals surface area contributed by atoms with Crippen LogP contribution < -0.4 is 20.7 Å². The first kappa shape index (κ1) is 33.6. The minimum atomic E-state index is -0.558. The van der Waals surface area contributed by atoms with Crippen molar-refractivity contribution in [1.29, 1.82) is 0 Å². The first-order valence-electron chi connectivity index (χ1n) is 15.3. The molecule has 14 heteroatoms. The normalized spacial score (nSPS) is 17.3. The van der Waals surface area contributed by atoms with Crippen LogP contribution in [0, 0.1) is 11.8 Å². The maximum Gasteiger partial charge on any atom is 0.274 e. The van der Waals surface area contributed by atoms with E-state index in [0.29, 0.717) is 80.3 Å². The molecule has 1 fully saturated rings. The molecule has 0 saturated carbocycles. The smallest absolute Gasteiger partial charge is 0.274 e. The van der Waals surface area contributed by atoms with Crippen molar-refractivity contribution < 1.29 is 48.0 Å². The van der Waals surface area contributed by atoms with Crippen LogP contribution in [-0.2, 0) is 35.0 Å². The Morgan fingerprint density at radius 2 is 1.72 bits per heavy atom. The summed E-state index contributed by atoms with van der Waals surface area (Å²) in [4.78, 5) is 66.9. The second kappa shape index (κ2) is 16.2. The average Bonchev–Trinajstić information content (AvgIpc) is 3.39. The quantitative estimate of drug-likeness (QED) is 0.0997. The lowest BCUT2D eigenvalue weighted by atomic mass is 9.83. The average molecular weight is 649 g/mol. The molecule has 0 spiro atoms. The van der Waals surface area contributed by atoms with Crippen molar-refractivity contribution in [3.05, 3.63) is 65.4 Å². The number of hydrogen-bond acceptors (Lipinski definition) is 11. The van der Waals surface area contributed by atoms with E-state index in [1.165, 1.54) is 0 Å². The van der Waals surface area contributed by atoms with Crippen molar-refractivity contribution in [3.63, 3.8) is 0 Å². The van der Waals surface area contributed by atoms with Gasteiger partial charge >= 0.3 is 0 Å². The second-order valence-electron chi connectivity index (χ2n) is 11.0. The number of carbonyl (C=O) groups is 5. The number of piperidine rings is 1. The third-order valence-electron chi connectivity index (χ3n) is 7.86. The number of anilines is 1. The molecule has 1 aliphatic heterocycles. The molecule has 5 rings (SSSR count). The molecule has 2 heterocycles. The van der Waals surface area contributed by atoms with Gasteiger partial charge in [0, 0.05) is 41.4 Å². The zero-order valence-corrected chi connectivity index (χ0v) is 25.6. The minimum Gasteiger partial charge on any atom is -0.483 e. The summed E-state index contributed by atoms with van der Waals surface area (Å²) in [6.45, 7) is 1.40. The standard InChI is InChI=1S/C33H36N4O10/c38-19-46-15-14-45-13-12-44-11-10-34-30(40)18-47-28-3-1-2-26-23(28)6-8-27(36-26)33(43)35-21-5-4-20-16-25(31(41)24(20)17-21)22-7-9-29(39)37-32(22)42/h1-6,8,17,22,25,38H,7,9-16,18-19H2,(H,34,40)(H,35,43)(H,37,39,42). The van der Waals surface area contributed by atoms with Gasteiger partial charge in [0.15, 0.2) is 12.4 Å². The van der Waals surface area contributed by atoms with Crippen molar-refractivity contribution in [2.45, 2.75) is 19.3 Å². The Balaban J connectivity index is 1.10. The third-order valence-corrected chi connectivity index (χ3v) is 7.86. The fourth-order valence-corrected chi connectivity index (χ4v) is 5.55. The first-order chi connectivity index (χ1) is 22.8. The number of aliphatic hydroxyl groups is 1. The van der Waals surface area contributed by atoms with Gasteiger partial charge in [0.25, 0.3) is 11.8 Å². The van der Waals surface area contributed by atoms with Gasteiger partial charge in [-0.05, 0) is 54.8 Å². The molecule has 1 aromatic heterocycles. The Morgan fingerprint density at radius 1 is 0.936 bits per heavy atom. The molecule has 3 aromatic rings.